The first-order valence-electron chi connectivity index (χ1n) is 6.58. The van der Waals surface area contributed by atoms with Crippen LogP contribution in [-0.4, -0.2) is 47.1 Å². The van der Waals surface area contributed by atoms with Crippen LogP contribution in [0.25, 0.3) is 0 Å². The fraction of sp³-hybridized carbons (Fsp3) is 0.846. The first-order valence-corrected chi connectivity index (χ1v) is 6.58. The number of aliphatic hydroxyl groups is 1. The van der Waals surface area contributed by atoms with Crippen LogP contribution in [0, 0.1) is 11.8 Å². The van der Waals surface area contributed by atoms with Crippen molar-refractivity contribution in [2.45, 2.75) is 46.3 Å². The first kappa shape index (κ1) is 15.0. The third kappa shape index (κ3) is 3.70. The van der Waals surface area contributed by atoms with Crippen molar-refractivity contribution < 1.29 is 14.7 Å². The lowest BCUT2D eigenvalue weighted by Crippen LogP contribution is -2.39. The quantitative estimate of drug-likeness (QED) is 0.747. The molecule has 1 aliphatic heterocycles. The molecule has 0 aliphatic carbocycles. The average molecular weight is 256 g/mol. The van der Waals surface area contributed by atoms with Crippen LogP contribution < -0.4 is 5.32 Å². The van der Waals surface area contributed by atoms with E-state index in [0.717, 1.165) is 0 Å². The van der Waals surface area contributed by atoms with E-state index >= 15 is 0 Å². The summed E-state index contributed by atoms with van der Waals surface area (Å²) >= 11 is 0. The molecule has 1 aliphatic rings. The summed E-state index contributed by atoms with van der Waals surface area (Å²) in [6.45, 7) is 8.43. The number of nitrogens with zero attached hydrogens (tertiary/aromatic N) is 1. The largest absolute Gasteiger partial charge is 0.391 e. The Kier molecular flexibility index (Phi) is 5.14. The maximum atomic E-state index is 11.9. The minimum Gasteiger partial charge on any atom is -0.391 e. The van der Waals surface area contributed by atoms with E-state index < -0.39 is 6.10 Å². The minimum atomic E-state index is -0.535. The Morgan fingerprint density at radius 1 is 1.44 bits per heavy atom. The SMILES string of the molecule is CC(C)C(O)CNC(=O)C1CC(=O)N(C(C)C)C1. The van der Waals surface area contributed by atoms with Gasteiger partial charge in [-0.25, -0.2) is 0 Å². The van der Waals surface area contributed by atoms with E-state index in [9.17, 15) is 14.7 Å². The van der Waals surface area contributed by atoms with E-state index in [0.29, 0.717) is 6.54 Å². The van der Waals surface area contributed by atoms with Crippen molar-refractivity contribution in [1.29, 1.82) is 0 Å². The zero-order valence-corrected chi connectivity index (χ0v) is 11.6. The van der Waals surface area contributed by atoms with Crippen molar-refractivity contribution in [2.24, 2.45) is 11.8 Å². The van der Waals surface area contributed by atoms with Crippen LogP contribution in [0.3, 0.4) is 0 Å². The van der Waals surface area contributed by atoms with Crippen molar-refractivity contribution in [3.05, 3.63) is 0 Å². The van der Waals surface area contributed by atoms with Gasteiger partial charge in [0.2, 0.25) is 11.8 Å². The normalized spacial score (nSPS) is 21.8. The van der Waals surface area contributed by atoms with E-state index in [-0.39, 0.29) is 42.7 Å². The molecule has 1 rings (SSSR count). The number of nitrogens with one attached hydrogen (secondary N) is 1. The Bertz CT molecular complexity index is 315. The van der Waals surface area contributed by atoms with Crippen LogP contribution in [0.4, 0.5) is 0 Å². The topological polar surface area (TPSA) is 69.6 Å². The second-order valence-electron chi connectivity index (χ2n) is 5.60. The summed E-state index contributed by atoms with van der Waals surface area (Å²) in [6.07, 6.45) is -0.255. The molecular weight excluding hydrogens is 232 g/mol. The van der Waals surface area contributed by atoms with Gasteiger partial charge in [0.1, 0.15) is 0 Å². The number of amides is 2. The lowest BCUT2D eigenvalue weighted by molar-refractivity contribution is -0.130. The highest BCUT2D eigenvalue weighted by atomic mass is 16.3. The van der Waals surface area contributed by atoms with Gasteiger partial charge in [-0.15, -0.1) is 0 Å². The number of hydrogen-bond donors (Lipinski definition) is 2. The van der Waals surface area contributed by atoms with Gasteiger partial charge in [0.25, 0.3) is 0 Å². The number of likely N-dealkylation sites (tertiary alicyclic amines) is 1. The van der Waals surface area contributed by atoms with Gasteiger partial charge < -0.3 is 15.3 Å². The molecule has 0 saturated carbocycles. The molecule has 1 fully saturated rings. The number of carbonyl (C=O) groups excluding carboxylic acids is 2. The Morgan fingerprint density at radius 3 is 2.50 bits per heavy atom. The maximum absolute atomic E-state index is 11.9. The van der Waals surface area contributed by atoms with Gasteiger partial charge in [0.05, 0.1) is 12.0 Å². The van der Waals surface area contributed by atoms with Gasteiger partial charge in [-0.05, 0) is 19.8 Å². The fourth-order valence-corrected chi connectivity index (χ4v) is 1.99. The molecule has 5 nitrogen and oxygen atoms in total. The van der Waals surface area contributed by atoms with Crippen LogP contribution in [0.15, 0.2) is 0 Å². The van der Waals surface area contributed by atoms with E-state index in [1.54, 1.807) is 4.90 Å². The molecule has 5 heteroatoms. The Labute approximate surface area is 109 Å². The van der Waals surface area contributed by atoms with Gasteiger partial charge in [0, 0.05) is 25.6 Å². The maximum Gasteiger partial charge on any atom is 0.225 e. The van der Waals surface area contributed by atoms with Gasteiger partial charge in [-0.3, -0.25) is 9.59 Å². The molecule has 0 spiro atoms. The zero-order valence-electron chi connectivity index (χ0n) is 11.6. The van der Waals surface area contributed by atoms with Gasteiger partial charge >= 0.3 is 0 Å². The van der Waals surface area contributed by atoms with Crippen LogP contribution in [0.2, 0.25) is 0 Å². The lowest BCUT2D eigenvalue weighted by atomic mass is 10.1. The molecule has 104 valence electrons. The van der Waals surface area contributed by atoms with Crippen LogP contribution in [-0.2, 0) is 9.59 Å². The Morgan fingerprint density at radius 2 is 2.06 bits per heavy atom. The van der Waals surface area contributed by atoms with Gasteiger partial charge in [-0.1, -0.05) is 13.8 Å². The first-order chi connectivity index (χ1) is 8.32. The van der Waals surface area contributed by atoms with Crippen molar-refractivity contribution in [2.75, 3.05) is 13.1 Å². The Balaban J connectivity index is 2.43. The summed E-state index contributed by atoms with van der Waals surface area (Å²) in [5, 5.41) is 12.3. The highest BCUT2D eigenvalue weighted by Gasteiger charge is 2.35. The minimum absolute atomic E-state index is 0.0366. The molecule has 0 radical (unpaired) electrons. The summed E-state index contributed by atoms with van der Waals surface area (Å²) in [4.78, 5) is 25.3. The molecule has 0 aromatic rings. The average Bonchev–Trinajstić information content (AvgIpc) is 2.67. The van der Waals surface area contributed by atoms with Crippen LogP contribution in [0.5, 0.6) is 0 Å². The number of aliphatic hydroxyl groups excluding tert-OH is 1. The summed E-state index contributed by atoms with van der Waals surface area (Å²) in [5.74, 6) is -0.261. The van der Waals surface area contributed by atoms with E-state index in [1.165, 1.54) is 0 Å². The highest BCUT2D eigenvalue weighted by molar-refractivity contribution is 5.89. The molecule has 0 aromatic heterocycles. The molecule has 1 heterocycles. The standard InChI is InChI=1S/C13H24N2O3/c1-8(2)11(16)6-14-13(18)10-5-12(17)15(7-10)9(3)4/h8-11,16H,5-7H2,1-4H3,(H,14,18). The van der Waals surface area contributed by atoms with Crippen LogP contribution in [0.1, 0.15) is 34.1 Å². The van der Waals surface area contributed by atoms with Crippen molar-refractivity contribution in [3.8, 4) is 0 Å². The molecule has 0 aromatic carbocycles. The third-order valence-corrected chi connectivity index (χ3v) is 3.41. The summed E-state index contributed by atoms with van der Waals surface area (Å²) in [5.41, 5.74) is 0. The molecular formula is C13H24N2O3. The number of carbonyl (C=O) groups is 2. The highest BCUT2D eigenvalue weighted by Crippen LogP contribution is 2.20. The van der Waals surface area contributed by atoms with Gasteiger partial charge in [-0.2, -0.15) is 0 Å². The van der Waals surface area contributed by atoms with Crippen molar-refractivity contribution >= 4 is 11.8 Å². The third-order valence-electron chi connectivity index (χ3n) is 3.41. The molecule has 2 atom stereocenters. The zero-order chi connectivity index (χ0) is 13.9. The summed E-state index contributed by atoms with van der Waals surface area (Å²) in [6, 6.07) is 0.136. The molecule has 2 unspecified atom stereocenters. The van der Waals surface area contributed by atoms with E-state index in [4.69, 9.17) is 0 Å². The molecule has 1 saturated heterocycles. The second-order valence-corrected chi connectivity index (χ2v) is 5.60. The lowest BCUT2D eigenvalue weighted by Gasteiger charge is -2.21. The van der Waals surface area contributed by atoms with E-state index in [2.05, 4.69) is 5.32 Å². The smallest absolute Gasteiger partial charge is 0.225 e. The molecule has 2 N–H and O–H groups in total. The molecule has 0 bridgehead atoms. The van der Waals surface area contributed by atoms with Crippen LogP contribution >= 0.6 is 0 Å². The van der Waals surface area contributed by atoms with Gasteiger partial charge in [0.15, 0.2) is 0 Å². The van der Waals surface area contributed by atoms with Crippen molar-refractivity contribution in [1.82, 2.24) is 10.2 Å². The summed E-state index contributed by atoms with van der Waals surface area (Å²) < 4.78 is 0. The predicted molar refractivity (Wildman–Crippen MR) is 68.8 cm³/mol. The summed E-state index contributed by atoms with van der Waals surface area (Å²) in [7, 11) is 0. The van der Waals surface area contributed by atoms with E-state index in [1.807, 2.05) is 27.7 Å². The molecule has 2 amide bonds. The van der Waals surface area contributed by atoms with Crippen molar-refractivity contribution in [3.63, 3.8) is 0 Å². The predicted octanol–water partition coefficient (Wildman–Crippen LogP) is 0.376. The Hall–Kier alpha value is -1.10. The molecule has 18 heavy (non-hydrogen) atoms. The number of rotatable bonds is 5. The monoisotopic (exact) mass is 256 g/mol. The second kappa shape index (κ2) is 6.18. The fourth-order valence-electron chi connectivity index (χ4n) is 1.99. The number of hydrogen-bond acceptors (Lipinski definition) is 3.